The largest absolute Gasteiger partial charge is 0.203 e. The Balaban J connectivity index is 1.45. The molecule has 38 heavy (non-hydrogen) atoms. The van der Waals surface area contributed by atoms with Crippen LogP contribution in [0.4, 0.5) is 17.6 Å². The van der Waals surface area contributed by atoms with Gasteiger partial charge in [-0.2, -0.15) is 0 Å². The molecule has 198 valence electrons. The van der Waals surface area contributed by atoms with Crippen LogP contribution in [0.1, 0.15) is 61.8 Å². The van der Waals surface area contributed by atoms with Crippen molar-refractivity contribution in [1.82, 2.24) is 0 Å². The predicted molar refractivity (Wildman–Crippen MR) is 148 cm³/mol. The zero-order valence-electron chi connectivity index (χ0n) is 22.1. The summed E-state index contributed by atoms with van der Waals surface area (Å²) in [5.74, 6) is -3.27. The molecule has 0 amide bonds. The minimum absolute atomic E-state index is 0.187. The van der Waals surface area contributed by atoms with Crippen molar-refractivity contribution in [2.24, 2.45) is 0 Å². The lowest BCUT2D eigenvalue weighted by molar-refractivity contribution is 0.487. The van der Waals surface area contributed by atoms with Gasteiger partial charge >= 0.3 is 0 Å². The first kappa shape index (κ1) is 27.6. The van der Waals surface area contributed by atoms with Crippen LogP contribution in [0.2, 0.25) is 0 Å². The molecule has 0 radical (unpaired) electrons. The SMILES string of the molecule is CCCCCc1ccc(CCc2ccc(-c3ccc(-c4ccc(CCC)cc4)c(F)c3F)cc2)c(F)c1F. The fourth-order valence-electron chi connectivity index (χ4n) is 4.85. The standard InChI is InChI=1S/C34H34F4/c1-3-5-6-8-27-19-20-28(32(36)31(27)35)18-13-24-11-16-26(17-12-24)30-22-21-29(33(37)34(30)38)25-14-9-23(7-4-2)10-15-25/h9-12,14-17,19-22H,3-8,13,18H2,1-2H3. The summed E-state index contributed by atoms with van der Waals surface area (Å²) in [4.78, 5) is 0. The third kappa shape index (κ3) is 6.35. The van der Waals surface area contributed by atoms with Crippen molar-refractivity contribution >= 4 is 0 Å². The van der Waals surface area contributed by atoms with Gasteiger partial charge in [-0.3, -0.25) is 0 Å². The number of aryl methyl sites for hydroxylation is 4. The van der Waals surface area contributed by atoms with E-state index in [4.69, 9.17) is 0 Å². The van der Waals surface area contributed by atoms with Gasteiger partial charge in [0.1, 0.15) is 0 Å². The molecule has 0 spiro atoms. The Bertz CT molecular complexity index is 1360. The highest BCUT2D eigenvalue weighted by atomic mass is 19.2. The Morgan fingerprint density at radius 3 is 1.37 bits per heavy atom. The highest BCUT2D eigenvalue weighted by Gasteiger charge is 2.17. The Morgan fingerprint density at radius 1 is 0.421 bits per heavy atom. The molecular weight excluding hydrogens is 484 g/mol. The quantitative estimate of drug-likeness (QED) is 0.137. The molecular formula is C34H34F4. The van der Waals surface area contributed by atoms with Gasteiger partial charge in [0.2, 0.25) is 0 Å². The normalized spacial score (nSPS) is 11.2. The molecule has 0 saturated heterocycles. The van der Waals surface area contributed by atoms with Crippen molar-refractivity contribution in [1.29, 1.82) is 0 Å². The van der Waals surface area contributed by atoms with E-state index in [1.54, 1.807) is 36.4 Å². The van der Waals surface area contributed by atoms with E-state index in [0.717, 1.165) is 37.7 Å². The second kappa shape index (κ2) is 12.9. The monoisotopic (exact) mass is 518 g/mol. The van der Waals surface area contributed by atoms with Crippen LogP contribution < -0.4 is 0 Å². The van der Waals surface area contributed by atoms with E-state index in [0.29, 0.717) is 41.5 Å². The maximum absolute atomic E-state index is 15.1. The van der Waals surface area contributed by atoms with E-state index in [9.17, 15) is 8.78 Å². The fraction of sp³-hybridized carbons (Fsp3) is 0.294. The first-order valence-corrected chi connectivity index (χ1v) is 13.5. The fourth-order valence-corrected chi connectivity index (χ4v) is 4.85. The zero-order valence-corrected chi connectivity index (χ0v) is 22.1. The zero-order chi connectivity index (χ0) is 27.1. The smallest absolute Gasteiger partial charge is 0.167 e. The van der Waals surface area contributed by atoms with E-state index in [-0.39, 0.29) is 11.1 Å². The molecule has 0 saturated carbocycles. The van der Waals surface area contributed by atoms with Crippen LogP contribution in [-0.4, -0.2) is 0 Å². The van der Waals surface area contributed by atoms with Crippen molar-refractivity contribution in [2.45, 2.75) is 65.2 Å². The van der Waals surface area contributed by atoms with E-state index >= 15 is 8.78 Å². The topological polar surface area (TPSA) is 0 Å². The molecule has 0 aliphatic carbocycles. The maximum Gasteiger partial charge on any atom is 0.167 e. The second-order valence-corrected chi connectivity index (χ2v) is 9.90. The number of unbranched alkanes of at least 4 members (excludes halogenated alkanes) is 2. The third-order valence-electron chi connectivity index (χ3n) is 7.13. The van der Waals surface area contributed by atoms with Crippen LogP contribution in [-0.2, 0) is 25.7 Å². The number of hydrogen-bond acceptors (Lipinski definition) is 0. The van der Waals surface area contributed by atoms with Crippen molar-refractivity contribution < 1.29 is 17.6 Å². The highest BCUT2D eigenvalue weighted by Crippen LogP contribution is 2.32. The van der Waals surface area contributed by atoms with Gasteiger partial charge in [-0.05, 0) is 65.5 Å². The summed E-state index contributed by atoms with van der Waals surface area (Å²) in [6.45, 7) is 4.17. The molecule has 0 nitrogen and oxygen atoms in total. The van der Waals surface area contributed by atoms with E-state index in [2.05, 4.69) is 13.8 Å². The van der Waals surface area contributed by atoms with Crippen molar-refractivity contribution in [3.63, 3.8) is 0 Å². The van der Waals surface area contributed by atoms with Gasteiger partial charge in [0.05, 0.1) is 0 Å². The van der Waals surface area contributed by atoms with E-state index in [1.807, 2.05) is 36.4 Å². The van der Waals surface area contributed by atoms with Crippen LogP contribution in [0, 0.1) is 23.3 Å². The summed E-state index contributed by atoms with van der Waals surface area (Å²) in [6, 6.07) is 21.2. The third-order valence-corrected chi connectivity index (χ3v) is 7.13. The minimum atomic E-state index is -0.885. The first-order chi connectivity index (χ1) is 18.4. The molecule has 4 heteroatoms. The van der Waals surface area contributed by atoms with Crippen molar-refractivity contribution in [2.75, 3.05) is 0 Å². The molecule has 0 atom stereocenters. The van der Waals surface area contributed by atoms with E-state index < -0.39 is 23.3 Å². The van der Waals surface area contributed by atoms with Crippen LogP contribution >= 0.6 is 0 Å². The number of rotatable bonds is 11. The van der Waals surface area contributed by atoms with Crippen molar-refractivity contribution in [3.8, 4) is 22.3 Å². The molecule has 0 N–H and O–H groups in total. The van der Waals surface area contributed by atoms with Crippen LogP contribution in [0.3, 0.4) is 0 Å². The molecule has 0 unspecified atom stereocenters. The molecule has 0 aliphatic rings. The van der Waals surface area contributed by atoms with Crippen molar-refractivity contribution in [3.05, 3.63) is 118 Å². The summed E-state index contributed by atoms with van der Waals surface area (Å²) < 4.78 is 59.1. The average molecular weight is 519 g/mol. The molecule has 4 rings (SSSR count). The van der Waals surface area contributed by atoms with Crippen LogP contribution in [0.5, 0.6) is 0 Å². The lowest BCUT2D eigenvalue weighted by Crippen LogP contribution is -2.02. The van der Waals surface area contributed by atoms with Gasteiger partial charge in [0.15, 0.2) is 23.3 Å². The van der Waals surface area contributed by atoms with Crippen LogP contribution in [0.15, 0.2) is 72.8 Å². The van der Waals surface area contributed by atoms with Gasteiger partial charge in [0.25, 0.3) is 0 Å². The lowest BCUT2D eigenvalue weighted by Gasteiger charge is -2.11. The summed E-state index contributed by atoms with van der Waals surface area (Å²) >= 11 is 0. The lowest BCUT2D eigenvalue weighted by atomic mass is 9.96. The van der Waals surface area contributed by atoms with Gasteiger partial charge in [-0.25, -0.2) is 17.6 Å². The second-order valence-electron chi connectivity index (χ2n) is 9.90. The van der Waals surface area contributed by atoms with Gasteiger partial charge in [0, 0.05) is 11.1 Å². The Hall–Kier alpha value is -3.40. The minimum Gasteiger partial charge on any atom is -0.203 e. The summed E-state index contributed by atoms with van der Waals surface area (Å²) in [5, 5.41) is 0. The molecule has 0 aromatic heterocycles. The first-order valence-electron chi connectivity index (χ1n) is 13.5. The molecule has 0 bridgehead atoms. The molecule has 0 fully saturated rings. The molecule has 0 aliphatic heterocycles. The Kier molecular flexibility index (Phi) is 9.38. The van der Waals surface area contributed by atoms with E-state index in [1.165, 1.54) is 5.56 Å². The molecule has 4 aromatic carbocycles. The maximum atomic E-state index is 15.1. The summed E-state index contributed by atoms with van der Waals surface area (Å²) in [5.41, 5.74) is 4.47. The summed E-state index contributed by atoms with van der Waals surface area (Å²) in [7, 11) is 0. The Labute approximate surface area is 223 Å². The average Bonchev–Trinajstić information content (AvgIpc) is 2.93. The Morgan fingerprint density at radius 2 is 0.895 bits per heavy atom. The number of hydrogen-bond donors (Lipinski definition) is 0. The van der Waals surface area contributed by atoms with Crippen LogP contribution in [0.25, 0.3) is 22.3 Å². The van der Waals surface area contributed by atoms with Gasteiger partial charge in [-0.15, -0.1) is 0 Å². The highest BCUT2D eigenvalue weighted by molar-refractivity contribution is 5.72. The molecule has 0 heterocycles. The number of benzene rings is 4. The summed E-state index contributed by atoms with van der Waals surface area (Å²) in [6.07, 6.45) is 6.25. The predicted octanol–water partition coefficient (Wildman–Crippen LogP) is 10.0. The van der Waals surface area contributed by atoms with Gasteiger partial charge < -0.3 is 0 Å². The molecule has 4 aromatic rings. The van der Waals surface area contributed by atoms with Gasteiger partial charge in [-0.1, -0.05) is 106 Å². The number of halogens is 4.